The fourth-order valence-corrected chi connectivity index (χ4v) is 7.06. The molecule has 3 aliphatic heterocycles. The minimum Gasteiger partial charge on any atom is -0.354 e. The molecule has 1 atom stereocenters. The van der Waals surface area contributed by atoms with Crippen LogP contribution in [0.25, 0.3) is 27.9 Å². The van der Waals surface area contributed by atoms with E-state index in [2.05, 4.69) is 43.4 Å². The summed E-state index contributed by atoms with van der Waals surface area (Å²) < 4.78 is 29.2. The predicted molar refractivity (Wildman–Crippen MR) is 181 cm³/mol. The van der Waals surface area contributed by atoms with Crippen LogP contribution in [0.4, 0.5) is 20.3 Å². The Hall–Kier alpha value is -4.65. The third kappa shape index (κ3) is 6.55. The molecule has 7 rings (SSSR count). The van der Waals surface area contributed by atoms with Gasteiger partial charge in [0.1, 0.15) is 6.33 Å². The number of aromatic nitrogens is 5. The van der Waals surface area contributed by atoms with E-state index in [4.69, 9.17) is 0 Å². The van der Waals surface area contributed by atoms with Gasteiger partial charge in [-0.05, 0) is 55.6 Å². The maximum Gasteiger partial charge on any atom is 0.251 e. The topological polar surface area (TPSA) is 106 Å². The molecule has 252 valence electrons. The maximum atomic E-state index is 13.8. The van der Waals surface area contributed by atoms with Crippen LogP contribution in [0.15, 0.2) is 54.9 Å². The smallest absolute Gasteiger partial charge is 0.251 e. The standard InChI is InChI=1S/C35H41F2N9O2/c1-3-46(28-8-9-30-29(20-28)33(40-39-30)45-18-13-35(36,37)14-19-45)34(48)27-10-15-43(21-27)22-31(47)44-16-11-25(12-17-44)24-4-6-26(7-5-24)32-38-23-42(2)41-32/h4-9,11,20,23,27H,3,10,12-19,21-22H2,1-2H3,(H,39,40)/t27-/m1/s1. The van der Waals surface area contributed by atoms with Gasteiger partial charge >= 0.3 is 0 Å². The Morgan fingerprint density at radius 2 is 1.81 bits per heavy atom. The Morgan fingerprint density at radius 3 is 2.50 bits per heavy atom. The molecule has 3 aliphatic rings. The third-order valence-electron chi connectivity index (χ3n) is 9.87. The van der Waals surface area contributed by atoms with Crippen LogP contribution >= 0.6 is 0 Å². The number of carbonyl (C=O) groups excluding carboxylic acids is 2. The van der Waals surface area contributed by atoms with Crippen molar-refractivity contribution in [3.8, 4) is 11.4 Å². The van der Waals surface area contributed by atoms with Gasteiger partial charge in [0.05, 0.1) is 18.0 Å². The van der Waals surface area contributed by atoms with Gasteiger partial charge in [-0.2, -0.15) is 10.2 Å². The predicted octanol–water partition coefficient (Wildman–Crippen LogP) is 4.58. The van der Waals surface area contributed by atoms with Crippen molar-refractivity contribution in [1.29, 1.82) is 0 Å². The van der Waals surface area contributed by atoms with E-state index in [0.29, 0.717) is 57.3 Å². The molecule has 1 N–H and O–H groups in total. The number of hydrogen-bond acceptors (Lipinski definition) is 7. The average Bonchev–Trinajstić information content (AvgIpc) is 3.85. The van der Waals surface area contributed by atoms with E-state index in [1.54, 1.807) is 15.9 Å². The minimum absolute atomic E-state index is 0.0323. The SMILES string of the molecule is CCN(C(=O)[C@@H]1CCN(CC(=O)N2CC=C(c3ccc(-c4ncn(C)n4)cc3)CC2)C1)c1ccc2[nH]nc(N3CCC(F)(F)CC3)c2c1. The normalized spacial score (nSPS) is 19.9. The Balaban J connectivity index is 0.941. The monoisotopic (exact) mass is 657 g/mol. The molecule has 5 heterocycles. The van der Waals surface area contributed by atoms with Crippen LogP contribution in [-0.4, -0.2) is 105 Å². The van der Waals surface area contributed by atoms with E-state index in [9.17, 15) is 18.4 Å². The van der Waals surface area contributed by atoms with Crippen molar-refractivity contribution in [1.82, 2.24) is 34.8 Å². The van der Waals surface area contributed by atoms with Crippen molar-refractivity contribution in [3.63, 3.8) is 0 Å². The number of benzene rings is 2. The first kappa shape index (κ1) is 31.9. The first-order chi connectivity index (χ1) is 23.2. The number of alkyl halides is 2. The summed E-state index contributed by atoms with van der Waals surface area (Å²) >= 11 is 0. The molecule has 2 aromatic carbocycles. The van der Waals surface area contributed by atoms with Crippen molar-refractivity contribution >= 4 is 39.8 Å². The Labute approximate surface area is 278 Å². The highest BCUT2D eigenvalue weighted by Crippen LogP contribution is 2.35. The molecule has 0 radical (unpaired) electrons. The number of aromatic amines is 1. The summed E-state index contributed by atoms with van der Waals surface area (Å²) in [5, 5.41) is 12.6. The largest absolute Gasteiger partial charge is 0.354 e. The summed E-state index contributed by atoms with van der Waals surface area (Å²) in [6.45, 7) is 5.66. The molecule has 0 bridgehead atoms. The van der Waals surface area contributed by atoms with E-state index in [1.165, 1.54) is 5.57 Å². The number of amides is 2. The van der Waals surface area contributed by atoms with Gasteiger partial charge in [-0.1, -0.05) is 30.3 Å². The lowest BCUT2D eigenvalue weighted by Crippen LogP contribution is -2.42. The quantitative estimate of drug-likeness (QED) is 0.296. The number of nitrogens with one attached hydrogen (secondary N) is 1. The van der Waals surface area contributed by atoms with Crippen molar-refractivity contribution in [3.05, 3.63) is 60.4 Å². The van der Waals surface area contributed by atoms with Gasteiger partial charge in [-0.15, -0.1) is 0 Å². The molecule has 2 aromatic heterocycles. The van der Waals surface area contributed by atoms with Crippen LogP contribution in [0.3, 0.4) is 0 Å². The van der Waals surface area contributed by atoms with Gasteiger partial charge < -0.3 is 14.7 Å². The molecule has 11 nitrogen and oxygen atoms in total. The molecule has 0 aliphatic carbocycles. The molecule has 2 saturated heterocycles. The van der Waals surface area contributed by atoms with Gasteiger partial charge in [0.2, 0.25) is 11.8 Å². The van der Waals surface area contributed by atoms with Crippen LogP contribution < -0.4 is 9.80 Å². The van der Waals surface area contributed by atoms with E-state index < -0.39 is 5.92 Å². The number of hydrogen-bond donors (Lipinski definition) is 1. The highest BCUT2D eigenvalue weighted by Gasteiger charge is 2.36. The number of piperidine rings is 1. The second-order valence-electron chi connectivity index (χ2n) is 13.1. The number of likely N-dealkylation sites (tertiary alicyclic amines) is 1. The molecule has 2 amide bonds. The summed E-state index contributed by atoms with van der Waals surface area (Å²) in [6.07, 6.45) is 4.90. The molecule has 0 saturated carbocycles. The summed E-state index contributed by atoms with van der Waals surface area (Å²) in [7, 11) is 1.85. The number of aryl methyl sites for hydroxylation is 1. The van der Waals surface area contributed by atoms with Crippen LogP contribution in [-0.2, 0) is 16.6 Å². The van der Waals surface area contributed by atoms with Gasteiger partial charge in [-0.3, -0.25) is 24.3 Å². The number of fused-ring (bicyclic) bond motifs is 1. The lowest BCUT2D eigenvalue weighted by Gasteiger charge is -2.32. The average molecular weight is 658 g/mol. The van der Waals surface area contributed by atoms with E-state index in [-0.39, 0.29) is 43.7 Å². The molecule has 0 unspecified atom stereocenters. The molecular weight excluding hydrogens is 616 g/mol. The summed E-state index contributed by atoms with van der Waals surface area (Å²) in [6, 6.07) is 14.0. The zero-order chi connectivity index (χ0) is 33.4. The summed E-state index contributed by atoms with van der Waals surface area (Å²) in [5.74, 6) is -1.39. The molecule has 13 heteroatoms. The number of anilines is 2. The zero-order valence-corrected chi connectivity index (χ0v) is 27.4. The van der Waals surface area contributed by atoms with E-state index in [0.717, 1.165) is 34.1 Å². The lowest BCUT2D eigenvalue weighted by atomic mass is 9.98. The van der Waals surface area contributed by atoms with Crippen molar-refractivity contribution in [2.45, 2.75) is 38.5 Å². The summed E-state index contributed by atoms with van der Waals surface area (Å²) in [4.78, 5) is 39.0. The van der Waals surface area contributed by atoms with Crippen LogP contribution in [0.5, 0.6) is 0 Å². The Kier molecular flexibility index (Phi) is 8.71. The molecular formula is C35H41F2N9O2. The van der Waals surface area contributed by atoms with Gasteiger partial charge in [-0.25, -0.2) is 13.8 Å². The van der Waals surface area contributed by atoms with Gasteiger partial charge in [0.15, 0.2) is 11.6 Å². The highest BCUT2D eigenvalue weighted by atomic mass is 19.3. The van der Waals surface area contributed by atoms with Crippen molar-refractivity contribution in [2.24, 2.45) is 13.0 Å². The van der Waals surface area contributed by atoms with Crippen LogP contribution in [0, 0.1) is 5.92 Å². The Bertz CT molecular complexity index is 1820. The zero-order valence-electron chi connectivity index (χ0n) is 27.4. The second kappa shape index (κ2) is 13.1. The Morgan fingerprint density at radius 1 is 1.04 bits per heavy atom. The summed E-state index contributed by atoms with van der Waals surface area (Å²) in [5.41, 5.74) is 4.89. The van der Waals surface area contributed by atoms with Crippen LogP contribution in [0.2, 0.25) is 0 Å². The maximum absolute atomic E-state index is 13.8. The number of carbonyl (C=O) groups is 2. The first-order valence-electron chi connectivity index (χ1n) is 16.8. The van der Waals surface area contributed by atoms with Crippen molar-refractivity contribution < 1.29 is 18.4 Å². The third-order valence-corrected chi connectivity index (χ3v) is 9.87. The number of rotatable bonds is 8. The van der Waals surface area contributed by atoms with Gasteiger partial charge in [0.25, 0.3) is 5.92 Å². The number of halogens is 2. The number of nitrogens with zero attached hydrogens (tertiary/aromatic N) is 8. The fraction of sp³-hybridized carbons (Fsp3) is 0.457. The molecule has 48 heavy (non-hydrogen) atoms. The second-order valence-corrected chi connectivity index (χ2v) is 13.1. The van der Waals surface area contributed by atoms with E-state index >= 15 is 0 Å². The highest BCUT2D eigenvalue weighted by molar-refractivity contribution is 5.99. The molecule has 2 fully saturated rings. The lowest BCUT2D eigenvalue weighted by molar-refractivity contribution is -0.132. The molecule has 0 spiro atoms. The first-order valence-corrected chi connectivity index (χ1v) is 16.8. The molecule has 4 aromatic rings. The number of H-pyrrole nitrogens is 1. The van der Waals surface area contributed by atoms with Crippen LogP contribution in [0.1, 0.15) is 38.2 Å². The van der Waals surface area contributed by atoms with Gasteiger partial charge in [0, 0.05) is 75.8 Å². The van der Waals surface area contributed by atoms with Crippen molar-refractivity contribution in [2.75, 3.05) is 62.2 Å². The fourth-order valence-electron chi connectivity index (χ4n) is 7.06. The van der Waals surface area contributed by atoms with E-state index in [1.807, 2.05) is 54.1 Å². The minimum atomic E-state index is -2.64.